The molecule has 0 heterocycles. The van der Waals surface area contributed by atoms with Gasteiger partial charge < -0.3 is 5.73 Å². The summed E-state index contributed by atoms with van der Waals surface area (Å²) in [7, 11) is 0. The zero-order valence-corrected chi connectivity index (χ0v) is 9.53. The van der Waals surface area contributed by atoms with Gasteiger partial charge in [-0.2, -0.15) is 0 Å². The Morgan fingerprint density at radius 3 is 2.73 bits per heavy atom. The Bertz CT molecular complexity index is 275. The van der Waals surface area contributed by atoms with E-state index in [9.17, 15) is 4.39 Å². The van der Waals surface area contributed by atoms with Gasteiger partial charge in [-0.3, -0.25) is 0 Å². The van der Waals surface area contributed by atoms with Crippen LogP contribution in [0.4, 0.5) is 10.1 Å². The summed E-state index contributed by atoms with van der Waals surface area (Å²) in [6.07, 6.45) is 0. The van der Waals surface area contributed by atoms with Gasteiger partial charge in [0.05, 0.1) is 9.26 Å². The van der Waals surface area contributed by atoms with E-state index >= 15 is 0 Å². The Hall–Kier alpha value is 0.160. The highest BCUT2D eigenvalue weighted by Crippen LogP contribution is 2.29. The lowest BCUT2D eigenvalue weighted by Crippen LogP contribution is -1.96. The second kappa shape index (κ2) is 3.26. The van der Waals surface area contributed by atoms with Crippen LogP contribution >= 0.6 is 38.5 Å². The maximum atomic E-state index is 12.9. The van der Waals surface area contributed by atoms with Gasteiger partial charge in [0.1, 0.15) is 5.82 Å². The fourth-order valence-corrected chi connectivity index (χ4v) is 1.74. The second-order valence-corrected chi connectivity index (χ2v) is 4.09. The molecule has 0 radical (unpaired) electrons. The maximum Gasteiger partial charge on any atom is 0.147 e. The number of nitrogen functional groups attached to an aromatic ring is 1. The van der Waals surface area contributed by atoms with Crippen molar-refractivity contribution in [3.63, 3.8) is 0 Å². The van der Waals surface area contributed by atoms with E-state index in [1.807, 2.05) is 29.5 Å². The standard InChI is InChI=1S/C7H6BrFIN/c1-3-2-4(9)7(11)6(10)5(3)8/h2H,11H2,1H3. The normalized spacial score (nSPS) is 10.2. The number of hydrogen-bond acceptors (Lipinski definition) is 1. The van der Waals surface area contributed by atoms with Crippen LogP contribution in [0.15, 0.2) is 10.5 Å². The Balaban J connectivity index is 3.46. The molecule has 0 saturated heterocycles. The molecule has 0 aliphatic rings. The van der Waals surface area contributed by atoms with E-state index in [1.54, 1.807) is 0 Å². The third-order valence-electron chi connectivity index (χ3n) is 1.38. The summed E-state index contributed by atoms with van der Waals surface area (Å²) in [6.45, 7) is 1.83. The van der Waals surface area contributed by atoms with Gasteiger partial charge in [0.15, 0.2) is 0 Å². The number of hydrogen-bond donors (Lipinski definition) is 1. The molecule has 0 spiro atoms. The summed E-state index contributed by atoms with van der Waals surface area (Å²) < 4.78 is 14.5. The molecule has 1 nitrogen and oxygen atoms in total. The van der Waals surface area contributed by atoms with Crippen molar-refractivity contribution in [2.45, 2.75) is 6.92 Å². The highest BCUT2D eigenvalue weighted by atomic mass is 127. The number of halogens is 3. The highest BCUT2D eigenvalue weighted by Gasteiger charge is 2.08. The van der Waals surface area contributed by atoms with Crippen LogP contribution in [0, 0.1) is 16.3 Å². The fraction of sp³-hybridized carbons (Fsp3) is 0.143. The minimum Gasteiger partial charge on any atom is -0.395 e. The Morgan fingerprint density at radius 1 is 1.64 bits per heavy atom. The zero-order valence-electron chi connectivity index (χ0n) is 5.79. The molecule has 60 valence electrons. The minimum absolute atomic E-state index is 0.211. The first-order chi connectivity index (χ1) is 5.04. The molecular formula is C7H6BrFIN. The monoisotopic (exact) mass is 329 g/mol. The molecule has 0 saturated carbocycles. The lowest BCUT2D eigenvalue weighted by atomic mass is 10.2. The van der Waals surface area contributed by atoms with E-state index < -0.39 is 0 Å². The average Bonchev–Trinajstić information content (AvgIpc) is 1.97. The van der Waals surface area contributed by atoms with Gasteiger partial charge in [0.2, 0.25) is 0 Å². The molecule has 0 unspecified atom stereocenters. The van der Waals surface area contributed by atoms with Crippen molar-refractivity contribution < 1.29 is 4.39 Å². The van der Waals surface area contributed by atoms with Gasteiger partial charge >= 0.3 is 0 Å². The summed E-state index contributed by atoms with van der Waals surface area (Å²) in [5.74, 6) is -0.352. The predicted octanol–water partition coefficient (Wildman–Crippen LogP) is 3.08. The van der Waals surface area contributed by atoms with Gasteiger partial charge in [-0.15, -0.1) is 0 Å². The van der Waals surface area contributed by atoms with E-state index in [4.69, 9.17) is 5.73 Å². The Morgan fingerprint density at radius 2 is 2.18 bits per heavy atom. The molecule has 0 aliphatic heterocycles. The number of anilines is 1. The quantitative estimate of drug-likeness (QED) is 0.442. The van der Waals surface area contributed by atoms with Crippen LogP contribution in [0.25, 0.3) is 0 Å². The molecule has 0 aromatic heterocycles. The molecule has 1 aromatic carbocycles. The summed E-state index contributed by atoms with van der Waals surface area (Å²) in [6, 6.07) is 1.42. The molecule has 11 heavy (non-hydrogen) atoms. The first-order valence-corrected chi connectivity index (χ1v) is 4.80. The first-order valence-electron chi connectivity index (χ1n) is 2.93. The molecule has 0 amide bonds. The largest absolute Gasteiger partial charge is 0.395 e. The lowest BCUT2D eigenvalue weighted by Gasteiger charge is -2.05. The molecule has 1 aromatic rings. The van der Waals surface area contributed by atoms with Crippen LogP contribution in [0.3, 0.4) is 0 Å². The smallest absolute Gasteiger partial charge is 0.147 e. The topological polar surface area (TPSA) is 26.0 Å². The number of nitrogens with two attached hydrogens (primary N) is 1. The Kier molecular flexibility index (Phi) is 2.74. The SMILES string of the molecule is Cc1cc(F)c(N)c(I)c1Br. The number of aryl methyl sites for hydroxylation is 1. The molecule has 0 atom stereocenters. The molecular weight excluding hydrogens is 324 g/mol. The van der Waals surface area contributed by atoms with Crippen molar-refractivity contribution in [1.29, 1.82) is 0 Å². The third-order valence-corrected chi connectivity index (χ3v) is 4.26. The molecule has 0 fully saturated rings. The van der Waals surface area contributed by atoms with E-state index in [1.165, 1.54) is 6.07 Å². The third kappa shape index (κ3) is 1.66. The second-order valence-electron chi connectivity index (χ2n) is 2.22. The van der Waals surface area contributed by atoms with Gasteiger partial charge in [0, 0.05) is 4.47 Å². The predicted molar refractivity (Wildman–Crippen MR) is 56.0 cm³/mol. The minimum atomic E-state index is -0.352. The van der Waals surface area contributed by atoms with E-state index in [0.717, 1.165) is 13.6 Å². The van der Waals surface area contributed by atoms with Crippen molar-refractivity contribution in [3.05, 3.63) is 25.5 Å². The molecule has 2 N–H and O–H groups in total. The average molecular weight is 330 g/mol. The van der Waals surface area contributed by atoms with E-state index in [-0.39, 0.29) is 11.5 Å². The molecule has 0 bridgehead atoms. The van der Waals surface area contributed by atoms with Crippen LogP contribution in [0.5, 0.6) is 0 Å². The first kappa shape index (κ1) is 9.25. The van der Waals surface area contributed by atoms with Crippen molar-refractivity contribution in [2.24, 2.45) is 0 Å². The van der Waals surface area contributed by atoms with Gasteiger partial charge in [-0.25, -0.2) is 4.39 Å². The van der Waals surface area contributed by atoms with Crippen molar-refractivity contribution in [3.8, 4) is 0 Å². The van der Waals surface area contributed by atoms with Crippen molar-refractivity contribution >= 4 is 44.2 Å². The summed E-state index contributed by atoms with van der Waals surface area (Å²) in [5, 5.41) is 0. The highest BCUT2D eigenvalue weighted by molar-refractivity contribution is 14.1. The molecule has 4 heteroatoms. The molecule has 0 aliphatic carbocycles. The van der Waals surface area contributed by atoms with Crippen molar-refractivity contribution in [1.82, 2.24) is 0 Å². The van der Waals surface area contributed by atoms with Crippen LogP contribution in [0.1, 0.15) is 5.56 Å². The van der Waals surface area contributed by atoms with E-state index in [2.05, 4.69) is 15.9 Å². The lowest BCUT2D eigenvalue weighted by molar-refractivity contribution is 0.630. The summed E-state index contributed by atoms with van der Waals surface area (Å²) in [4.78, 5) is 0. The maximum absolute atomic E-state index is 12.9. The van der Waals surface area contributed by atoms with Gasteiger partial charge in [-0.1, -0.05) is 0 Å². The van der Waals surface area contributed by atoms with Gasteiger partial charge in [0.25, 0.3) is 0 Å². The number of benzene rings is 1. The summed E-state index contributed by atoms with van der Waals surface area (Å²) in [5.41, 5.74) is 6.51. The van der Waals surface area contributed by atoms with Crippen LogP contribution in [-0.4, -0.2) is 0 Å². The van der Waals surface area contributed by atoms with Crippen molar-refractivity contribution in [2.75, 3.05) is 5.73 Å². The Labute approximate surface area is 86.4 Å². The van der Waals surface area contributed by atoms with Crippen LogP contribution in [-0.2, 0) is 0 Å². The fourth-order valence-electron chi connectivity index (χ4n) is 0.727. The van der Waals surface area contributed by atoms with Crippen LogP contribution < -0.4 is 5.73 Å². The van der Waals surface area contributed by atoms with Crippen LogP contribution in [0.2, 0.25) is 0 Å². The zero-order chi connectivity index (χ0) is 8.59. The van der Waals surface area contributed by atoms with Gasteiger partial charge in [-0.05, 0) is 57.1 Å². The summed E-state index contributed by atoms with van der Waals surface area (Å²) >= 11 is 5.32. The van der Waals surface area contributed by atoms with E-state index in [0.29, 0.717) is 0 Å². The number of rotatable bonds is 0. The molecule has 1 rings (SSSR count).